The Kier molecular flexibility index (Phi) is 5.03. The lowest BCUT2D eigenvalue weighted by molar-refractivity contribution is -0.155. The van der Waals surface area contributed by atoms with Gasteiger partial charge in [0.05, 0.1) is 27.4 Å². The SMILES string of the molecule is O=C(NC1CC2(C1)CC(C(=O)O)C2)c1csc2ccn(Cc3ccc(-c4ccccn4)cc3)c12. The van der Waals surface area contributed by atoms with Crippen LogP contribution in [0.1, 0.15) is 41.6 Å². The lowest BCUT2D eigenvalue weighted by atomic mass is 9.50. The number of carboxylic acids is 1. The summed E-state index contributed by atoms with van der Waals surface area (Å²) in [5.41, 5.74) is 5.03. The minimum atomic E-state index is -0.689. The minimum absolute atomic E-state index is 0.0364. The fourth-order valence-corrected chi connectivity index (χ4v) is 6.60. The Labute approximate surface area is 201 Å². The molecule has 0 aliphatic heterocycles. The summed E-state index contributed by atoms with van der Waals surface area (Å²) in [5.74, 6) is -0.925. The second-order valence-electron chi connectivity index (χ2n) is 9.74. The van der Waals surface area contributed by atoms with E-state index in [1.165, 1.54) is 0 Å². The van der Waals surface area contributed by atoms with Gasteiger partial charge in [-0.15, -0.1) is 11.3 Å². The van der Waals surface area contributed by atoms with E-state index in [1.54, 1.807) is 17.5 Å². The predicted octanol–water partition coefficient (Wildman–Crippen LogP) is 5.19. The highest BCUT2D eigenvalue weighted by Crippen LogP contribution is 2.58. The van der Waals surface area contributed by atoms with Crippen molar-refractivity contribution in [1.29, 1.82) is 0 Å². The summed E-state index contributed by atoms with van der Waals surface area (Å²) in [7, 11) is 0. The molecule has 2 aliphatic carbocycles. The maximum atomic E-state index is 13.1. The third-order valence-corrected chi connectivity index (χ3v) is 8.34. The molecule has 3 heterocycles. The van der Waals surface area contributed by atoms with Gasteiger partial charge in [-0.3, -0.25) is 14.6 Å². The number of nitrogens with one attached hydrogen (secondary N) is 1. The van der Waals surface area contributed by atoms with Crippen molar-refractivity contribution < 1.29 is 14.7 Å². The second-order valence-corrected chi connectivity index (χ2v) is 10.7. The van der Waals surface area contributed by atoms with Gasteiger partial charge in [-0.25, -0.2) is 0 Å². The van der Waals surface area contributed by atoms with Crippen LogP contribution in [-0.2, 0) is 11.3 Å². The van der Waals surface area contributed by atoms with E-state index in [4.69, 9.17) is 5.11 Å². The summed E-state index contributed by atoms with van der Waals surface area (Å²) >= 11 is 1.59. The van der Waals surface area contributed by atoms with Crippen LogP contribution < -0.4 is 5.32 Å². The Bertz CT molecular complexity index is 1360. The Morgan fingerprint density at radius 1 is 1.09 bits per heavy atom. The number of thiophene rings is 1. The number of rotatable bonds is 6. The fraction of sp³-hybridized carbons (Fsp3) is 0.296. The molecule has 1 aromatic carbocycles. The number of fused-ring (bicyclic) bond motifs is 1. The van der Waals surface area contributed by atoms with Crippen LogP contribution >= 0.6 is 11.3 Å². The van der Waals surface area contributed by atoms with E-state index in [0.29, 0.717) is 12.1 Å². The Morgan fingerprint density at radius 2 is 1.88 bits per heavy atom. The number of hydrogen-bond donors (Lipinski definition) is 2. The summed E-state index contributed by atoms with van der Waals surface area (Å²) < 4.78 is 3.24. The third kappa shape index (κ3) is 3.70. The number of nitrogens with zero attached hydrogens (tertiary/aromatic N) is 2. The number of carboxylic acid groups (broad SMARTS) is 1. The molecule has 6 rings (SSSR count). The lowest BCUT2D eigenvalue weighted by Gasteiger charge is -2.56. The van der Waals surface area contributed by atoms with Crippen molar-refractivity contribution >= 4 is 33.4 Å². The van der Waals surface area contributed by atoms with Gasteiger partial charge in [0.1, 0.15) is 0 Å². The zero-order chi connectivity index (χ0) is 23.3. The molecule has 7 heteroatoms. The average Bonchev–Trinajstić information content (AvgIpc) is 3.38. The summed E-state index contributed by atoms with van der Waals surface area (Å²) in [6.45, 7) is 0.687. The molecule has 0 radical (unpaired) electrons. The molecule has 3 aromatic heterocycles. The van der Waals surface area contributed by atoms with E-state index in [1.807, 2.05) is 29.8 Å². The van der Waals surface area contributed by atoms with Gasteiger partial charge in [-0.1, -0.05) is 30.3 Å². The van der Waals surface area contributed by atoms with Gasteiger partial charge in [0.15, 0.2) is 0 Å². The largest absolute Gasteiger partial charge is 0.481 e. The van der Waals surface area contributed by atoms with E-state index in [0.717, 1.165) is 52.7 Å². The average molecular weight is 472 g/mol. The monoisotopic (exact) mass is 471 g/mol. The number of pyridine rings is 1. The maximum absolute atomic E-state index is 13.1. The molecule has 0 unspecified atom stereocenters. The van der Waals surface area contributed by atoms with Crippen molar-refractivity contribution in [2.45, 2.75) is 38.3 Å². The molecule has 1 amide bonds. The highest BCUT2D eigenvalue weighted by Gasteiger charge is 2.55. The van der Waals surface area contributed by atoms with E-state index < -0.39 is 5.97 Å². The van der Waals surface area contributed by atoms with E-state index in [9.17, 15) is 9.59 Å². The molecule has 0 bridgehead atoms. The smallest absolute Gasteiger partial charge is 0.306 e. The van der Waals surface area contributed by atoms with Crippen LogP contribution in [0.4, 0.5) is 0 Å². The van der Waals surface area contributed by atoms with Gasteiger partial charge in [0, 0.05) is 35.9 Å². The number of amides is 1. The van der Waals surface area contributed by atoms with Crippen LogP contribution in [0.15, 0.2) is 66.3 Å². The maximum Gasteiger partial charge on any atom is 0.306 e. The molecule has 2 fully saturated rings. The molecule has 172 valence electrons. The van der Waals surface area contributed by atoms with E-state index in [2.05, 4.69) is 45.2 Å². The molecule has 1 spiro atoms. The van der Waals surface area contributed by atoms with Gasteiger partial charge in [0.25, 0.3) is 5.91 Å². The normalized spacial score (nSPS) is 23.4. The quantitative estimate of drug-likeness (QED) is 0.406. The number of hydrogen-bond acceptors (Lipinski definition) is 4. The van der Waals surface area contributed by atoms with Crippen molar-refractivity contribution in [2.24, 2.45) is 11.3 Å². The topological polar surface area (TPSA) is 84.2 Å². The van der Waals surface area contributed by atoms with Crippen LogP contribution in [0.3, 0.4) is 0 Å². The molecule has 34 heavy (non-hydrogen) atoms. The van der Waals surface area contributed by atoms with Gasteiger partial charge in [-0.2, -0.15) is 0 Å². The zero-order valence-electron chi connectivity index (χ0n) is 18.6. The number of aliphatic carboxylic acids is 1. The molecule has 2 aliphatic rings. The number of aromatic nitrogens is 2. The molecular weight excluding hydrogens is 446 g/mol. The second kappa shape index (κ2) is 8.09. The van der Waals surface area contributed by atoms with Gasteiger partial charge in [-0.05, 0) is 54.9 Å². The zero-order valence-corrected chi connectivity index (χ0v) is 19.4. The molecule has 4 aromatic rings. The molecule has 0 saturated heterocycles. The highest BCUT2D eigenvalue weighted by molar-refractivity contribution is 7.17. The third-order valence-electron chi connectivity index (χ3n) is 7.40. The highest BCUT2D eigenvalue weighted by atomic mass is 32.1. The van der Waals surface area contributed by atoms with E-state index >= 15 is 0 Å². The summed E-state index contributed by atoms with van der Waals surface area (Å²) in [6.07, 6.45) is 7.12. The number of carbonyl (C=O) groups is 2. The minimum Gasteiger partial charge on any atom is -0.481 e. The molecule has 2 saturated carbocycles. The standard InChI is InChI=1S/C27H25N3O3S/c31-25(29-20-13-27(14-20)11-19(12-27)26(32)33)21-16-34-23-8-10-30(24(21)23)15-17-4-6-18(7-5-17)22-3-1-2-9-28-22/h1-10,16,19-20H,11-15H2,(H,29,31)(H,32,33). The first-order valence-corrected chi connectivity index (χ1v) is 12.5. The summed E-state index contributed by atoms with van der Waals surface area (Å²) in [4.78, 5) is 28.6. The van der Waals surface area contributed by atoms with Crippen molar-refractivity contribution in [2.75, 3.05) is 0 Å². The van der Waals surface area contributed by atoms with Crippen molar-refractivity contribution in [1.82, 2.24) is 14.9 Å². The van der Waals surface area contributed by atoms with Crippen LogP contribution in [0.2, 0.25) is 0 Å². The van der Waals surface area contributed by atoms with Crippen molar-refractivity contribution in [3.8, 4) is 11.3 Å². The van der Waals surface area contributed by atoms with Gasteiger partial charge < -0.3 is 15.0 Å². The van der Waals surface area contributed by atoms with Crippen LogP contribution in [0.25, 0.3) is 21.5 Å². The lowest BCUT2D eigenvalue weighted by Crippen LogP contribution is -2.57. The van der Waals surface area contributed by atoms with Crippen LogP contribution in [0.5, 0.6) is 0 Å². The van der Waals surface area contributed by atoms with Crippen molar-refractivity contribution in [3.63, 3.8) is 0 Å². The van der Waals surface area contributed by atoms with Crippen molar-refractivity contribution in [3.05, 3.63) is 77.4 Å². The Balaban J connectivity index is 1.14. The molecular formula is C27H25N3O3S. The molecule has 2 N–H and O–H groups in total. The molecule has 6 nitrogen and oxygen atoms in total. The first-order valence-electron chi connectivity index (χ1n) is 11.6. The first-order chi connectivity index (χ1) is 16.5. The summed E-state index contributed by atoms with van der Waals surface area (Å²) in [5, 5.41) is 14.3. The van der Waals surface area contributed by atoms with Crippen LogP contribution in [0, 0.1) is 11.3 Å². The van der Waals surface area contributed by atoms with Gasteiger partial charge in [0.2, 0.25) is 0 Å². The number of carbonyl (C=O) groups excluding carboxylic acids is 1. The van der Waals surface area contributed by atoms with Crippen LogP contribution in [-0.4, -0.2) is 32.6 Å². The Morgan fingerprint density at radius 3 is 2.59 bits per heavy atom. The fourth-order valence-electron chi connectivity index (χ4n) is 5.66. The van der Waals surface area contributed by atoms with E-state index in [-0.39, 0.29) is 23.3 Å². The Hall–Kier alpha value is -3.45. The number of benzene rings is 1. The molecule has 0 atom stereocenters. The first kappa shape index (κ1) is 21.1. The predicted molar refractivity (Wildman–Crippen MR) is 132 cm³/mol. The summed E-state index contributed by atoms with van der Waals surface area (Å²) in [6, 6.07) is 16.5. The van der Waals surface area contributed by atoms with Gasteiger partial charge >= 0.3 is 5.97 Å².